The Morgan fingerprint density at radius 3 is 2.28 bits per heavy atom. The summed E-state index contributed by atoms with van der Waals surface area (Å²) in [5, 5.41) is 15.0. The van der Waals surface area contributed by atoms with E-state index in [0.717, 1.165) is 19.2 Å². The molecule has 2 aromatic carbocycles. The first-order valence-corrected chi connectivity index (χ1v) is 15.2. The lowest BCUT2D eigenvalue weighted by Crippen LogP contribution is -2.39. The first-order chi connectivity index (χ1) is 20.1. The molecule has 3 aromatic rings. The number of hydrogen-bond donors (Lipinski definition) is 2. The number of carboxylic acid groups (broad SMARTS) is 2. The van der Waals surface area contributed by atoms with Crippen molar-refractivity contribution < 1.29 is 54.9 Å². The lowest BCUT2D eigenvalue weighted by Gasteiger charge is -2.36. The lowest BCUT2D eigenvalue weighted by atomic mass is 10.0. The topological polar surface area (TPSA) is 134 Å². The highest BCUT2D eigenvalue weighted by Gasteiger charge is 2.38. The second-order valence-corrected chi connectivity index (χ2v) is 11.9. The number of aromatic nitrogens is 1. The summed E-state index contributed by atoms with van der Waals surface area (Å²) in [7, 11) is -4.31. The Bertz CT molecular complexity index is 1450. The number of carbonyl (C=O) groups is 2. The van der Waals surface area contributed by atoms with Crippen molar-refractivity contribution in [1.29, 1.82) is 0 Å². The molecular formula is C26H26ClF5N2O7S2. The quantitative estimate of drug-likeness (QED) is 0.176. The van der Waals surface area contributed by atoms with Crippen molar-refractivity contribution in [2.75, 3.05) is 13.1 Å². The number of benzene rings is 2. The van der Waals surface area contributed by atoms with Gasteiger partial charge in [0.05, 0.1) is 17.0 Å². The number of piperidine rings is 1. The molecule has 0 aliphatic carbocycles. The molecule has 236 valence electrons. The molecule has 0 bridgehead atoms. The Balaban J connectivity index is 0.000000560. The number of alkyl halides is 3. The van der Waals surface area contributed by atoms with Gasteiger partial charge in [0.2, 0.25) is 0 Å². The Morgan fingerprint density at radius 2 is 1.79 bits per heavy atom. The average molecular weight is 673 g/mol. The molecule has 1 aromatic heterocycles. The van der Waals surface area contributed by atoms with Crippen LogP contribution in [0.4, 0.5) is 22.0 Å². The van der Waals surface area contributed by atoms with Crippen LogP contribution in [0.15, 0.2) is 52.2 Å². The van der Waals surface area contributed by atoms with Gasteiger partial charge in [0.15, 0.2) is 15.7 Å². The molecule has 0 spiro atoms. The number of likely N-dealkylation sites (tertiary alicyclic amines) is 1. The van der Waals surface area contributed by atoms with E-state index in [9.17, 15) is 30.4 Å². The van der Waals surface area contributed by atoms with Crippen molar-refractivity contribution in [3.8, 4) is 5.75 Å². The third kappa shape index (κ3) is 10.4. The predicted octanol–water partition coefficient (Wildman–Crippen LogP) is 5.99. The zero-order valence-electron chi connectivity index (χ0n) is 22.3. The molecule has 0 radical (unpaired) electrons. The van der Waals surface area contributed by atoms with Crippen LogP contribution in [0.5, 0.6) is 5.75 Å². The van der Waals surface area contributed by atoms with Gasteiger partial charge in [-0.15, -0.1) is 11.3 Å². The minimum atomic E-state index is -5.08. The van der Waals surface area contributed by atoms with Crippen LogP contribution in [-0.4, -0.2) is 66.3 Å². The van der Waals surface area contributed by atoms with Crippen LogP contribution in [0, 0.1) is 11.6 Å². The number of aliphatic carboxylic acids is 1. The van der Waals surface area contributed by atoms with E-state index in [1.807, 2.05) is 18.2 Å². The van der Waals surface area contributed by atoms with Crippen molar-refractivity contribution >= 4 is 45.2 Å². The summed E-state index contributed by atoms with van der Waals surface area (Å²) in [6.45, 7) is 3.40. The van der Waals surface area contributed by atoms with Crippen LogP contribution in [0.3, 0.4) is 0 Å². The molecule has 1 atom stereocenters. The van der Waals surface area contributed by atoms with Gasteiger partial charge in [0.25, 0.3) is 6.47 Å². The maximum absolute atomic E-state index is 14.9. The Hall–Kier alpha value is -3.34. The fraction of sp³-hybridized carbons (Fsp3) is 0.346. The standard InChI is InChI=1S/C23H23ClF2N2O3S2.C2HF3O2.CH2O2/c1-15(16-5-3-2-4-6-16)28-9-7-18(8-10-28)31-20-11-19(25)23(22(26)21(20)24)33(29,30)13-17-12-32-14-27-17;3-2(4,5)1(6)7;2-1-3/h2-6,11-12,14-15,18H,7-10,13H2,1H3;(H,6,7);1H,(H,2,3)/t15-;;/m1../s1. The molecule has 1 aliphatic heterocycles. The first-order valence-electron chi connectivity index (χ1n) is 12.2. The number of carboxylic acids is 1. The van der Waals surface area contributed by atoms with Gasteiger partial charge < -0.3 is 14.9 Å². The van der Waals surface area contributed by atoms with E-state index in [1.165, 1.54) is 27.8 Å². The Kier molecular flexibility index (Phi) is 13.3. The number of nitrogens with zero attached hydrogens (tertiary/aromatic N) is 2. The van der Waals surface area contributed by atoms with Crippen molar-refractivity contribution in [2.24, 2.45) is 0 Å². The molecule has 17 heteroatoms. The van der Waals surface area contributed by atoms with E-state index in [1.54, 1.807) is 0 Å². The van der Waals surface area contributed by atoms with Crippen LogP contribution in [0.1, 0.15) is 37.1 Å². The summed E-state index contributed by atoms with van der Waals surface area (Å²) in [4.78, 5) is 22.4. The summed E-state index contributed by atoms with van der Waals surface area (Å²) in [5.74, 6) is -6.12. The number of halogens is 6. The Labute approximate surface area is 252 Å². The largest absolute Gasteiger partial charge is 0.490 e. The van der Waals surface area contributed by atoms with Gasteiger partial charge in [-0.25, -0.2) is 27.0 Å². The van der Waals surface area contributed by atoms with Crippen molar-refractivity contribution in [3.05, 3.63) is 75.2 Å². The van der Waals surface area contributed by atoms with Crippen LogP contribution < -0.4 is 4.74 Å². The number of rotatable bonds is 7. The van der Waals surface area contributed by atoms with Gasteiger partial charge in [0.1, 0.15) is 27.6 Å². The van der Waals surface area contributed by atoms with Crippen molar-refractivity contribution in [1.82, 2.24) is 9.88 Å². The zero-order chi connectivity index (χ0) is 32.4. The second kappa shape index (κ2) is 15.9. The molecule has 1 saturated heterocycles. The number of sulfone groups is 1. The molecule has 4 rings (SSSR count). The third-order valence-electron chi connectivity index (χ3n) is 6.06. The average Bonchev–Trinajstić information content (AvgIpc) is 3.44. The van der Waals surface area contributed by atoms with E-state index in [-0.39, 0.29) is 30.1 Å². The lowest BCUT2D eigenvalue weighted by molar-refractivity contribution is -0.192. The maximum atomic E-state index is 14.9. The molecule has 2 N–H and O–H groups in total. The molecule has 0 unspecified atom stereocenters. The van der Waals surface area contributed by atoms with Crippen LogP contribution in [-0.2, 0) is 25.2 Å². The van der Waals surface area contributed by atoms with Gasteiger partial charge in [-0.1, -0.05) is 41.9 Å². The second-order valence-electron chi connectivity index (χ2n) is 8.90. The van der Waals surface area contributed by atoms with Gasteiger partial charge >= 0.3 is 12.1 Å². The summed E-state index contributed by atoms with van der Waals surface area (Å²) in [5.41, 5.74) is 2.89. The number of ether oxygens (including phenoxy) is 1. The molecule has 0 saturated carbocycles. The molecule has 9 nitrogen and oxygen atoms in total. The minimum Gasteiger partial charge on any atom is -0.489 e. The van der Waals surface area contributed by atoms with Crippen LogP contribution in [0.2, 0.25) is 5.02 Å². The van der Waals surface area contributed by atoms with E-state index in [4.69, 9.17) is 36.1 Å². The van der Waals surface area contributed by atoms with Crippen molar-refractivity contribution in [3.63, 3.8) is 0 Å². The van der Waals surface area contributed by atoms with E-state index < -0.39 is 49.3 Å². The van der Waals surface area contributed by atoms with Crippen molar-refractivity contribution in [2.45, 2.75) is 48.7 Å². The number of hydrogen-bond acceptors (Lipinski definition) is 8. The van der Waals surface area contributed by atoms with E-state index in [2.05, 4.69) is 28.9 Å². The third-order valence-corrected chi connectivity index (χ3v) is 8.72. The van der Waals surface area contributed by atoms with Gasteiger partial charge in [-0.2, -0.15) is 13.2 Å². The van der Waals surface area contributed by atoms with E-state index in [0.29, 0.717) is 12.8 Å². The van der Waals surface area contributed by atoms with E-state index >= 15 is 0 Å². The zero-order valence-corrected chi connectivity index (χ0v) is 24.7. The summed E-state index contributed by atoms with van der Waals surface area (Å²) >= 11 is 7.28. The fourth-order valence-electron chi connectivity index (χ4n) is 4.01. The van der Waals surface area contributed by atoms with Gasteiger partial charge in [0, 0.05) is 30.6 Å². The van der Waals surface area contributed by atoms with Crippen LogP contribution >= 0.6 is 22.9 Å². The maximum Gasteiger partial charge on any atom is 0.490 e. The summed E-state index contributed by atoms with van der Waals surface area (Å²) in [6.07, 6.45) is -4.06. The predicted molar refractivity (Wildman–Crippen MR) is 147 cm³/mol. The molecular weight excluding hydrogens is 647 g/mol. The molecule has 1 fully saturated rings. The highest BCUT2D eigenvalue weighted by molar-refractivity contribution is 7.90. The molecule has 0 amide bonds. The highest BCUT2D eigenvalue weighted by Crippen LogP contribution is 2.37. The Morgan fingerprint density at radius 1 is 1.23 bits per heavy atom. The summed E-state index contributed by atoms with van der Waals surface area (Å²) in [6, 6.07) is 11.3. The molecule has 2 heterocycles. The summed E-state index contributed by atoms with van der Waals surface area (Å²) < 4.78 is 92.4. The SMILES string of the molecule is C[C@H](c1ccccc1)N1CCC(Oc2cc(F)c(S(=O)(=O)Cc3cscn3)c(F)c2Cl)CC1.O=C(O)C(F)(F)F.O=CO. The highest BCUT2D eigenvalue weighted by atomic mass is 35.5. The minimum absolute atomic E-state index is 0.186. The van der Waals surface area contributed by atoms with Crippen LogP contribution in [0.25, 0.3) is 0 Å². The number of thiazole rings is 1. The fourth-order valence-corrected chi connectivity index (χ4v) is 6.34. The smallest absolute Gasteiger partial charge is 0.489 e. The van der Waals surface area contributed by atoms with Gasteiger partial charge in [-0.05, 0) is 25.3 Å². The van der Waals surface area contributed by atoms with Gasteiger partial charge in [-0.3, -0.25) is 9.69 Å². The molecule has 43 heavy (non-hydrogen) atoms. The monoisotopic (exact) mass is 672 g/mol. The normalized spacial score (nSPS) is 14.9. The molecule has 1 aliphatic rings. The first kappa shape index (κ1) is 35.9.